The van der Waals surface area contributed by atoms with Crippen molar-refractivity contribution in [2.45, 2.75) is 71.6 Å². The van der Waals surface area contributed by atoms with Crippen LogP contribution in [0.2, 0.25) is 0 Å². The van der Waals surface area contributed by atoms with Gasteiger partial charge in [0.25, 0.3) is 0 Å². The summed E-state index contributed by atoms with van der Waals surface area (Å²) in [4.78, 5) is 0. The van der Waals surface area contributed by atoms with Crippen molar-refractivity contribution in [3.63, 3.8) is 0 Å². The fraction of sp³-hybridized carbons (Fsp3) is 0.615. The van der Waals surface area contributed by atoms with Crippen LogP contribution in [0.15, 0.2) is 47.1 Å². The Morgan fingerprint density at radius 1 is 0.931 bits per heavy atom. The van der Waals surface area contributed by atoms with E-state index in [-0.39, 0.29) is 24.8 Å². The van der Waals surface area contributed by atoms with Crippen LogP contribution in [0, 0.1) is 36.0 Å². The molecular formula is C26H35Cl2Zr-. The number of halogens is 2. The predicted octanol–water partition coefficient (Wildman–Crippen LogP) is 0.939. The van der Waals surface area contributed by atoms with Crippen LogP contribution in [0.25, 0.3) is 0 Å². The molecule has 0 spiro atoms. The summed E-state index contributed by atoms with van der Waals surface area (Å²) < 4.78 is 1.80. The molecule has 5 unspecified atom stereocenters. The fourth-order valence-electron chi connectivity index (χ4n) is 6.14. The monoisotopic (exact) mass is 507 g/mol. The Hall–Kier alpha value is 0.293. The number of fused-ring (bicyclic) bond motifs is 3. The van der Waals surface area contributed by atoms with Crippen LogP contribution in [0.5, 0.6) is 0 Å². The third-order valence-electron chi connectivity index (χ3n) is 7.78. The zero-order valence-electron chi connectivity index (χ0n) is 18.0. The van der Waals surface area contributed by atoms with E-state index < -0.39 is 0 Å². The second-order valence-electron chi connectivity index (χ2n) is 9.30. The number of allylic oxidation sites excluding steroid dienone is 8. The standard InChI is InChI=1S/C20H25.C6H10.2ClH.Zr/c1-13-10-11-16(14(13)2)18-8-5-9-19-17-7-4-3-6-15(17)12-20(18)19;1-2-4-6-5-3-1;;;/h3-4,6-7,10,12,15,17-20H,5,8-9,11H2,1-2H3;1-5H2;2*1H;/q-1;;;;+2/p-2. The van der Waals surface area contributed by atoms with E-state index in [0.717, 1.165) is 23.7 Å². The molecule has 0 aromatic rings. The van der Waals surface area contributed by atoms with E-state index in [4.69, 9.17) is 0 Å². The average Bonchev–Trinajstić information content (AvgIpc) is 3.23. The molecule has 3 saturated carbocycles. The van der Waals surface area contributed by atoms with E-state index >= 15 is 0 Å². The molecule has 5 atom stereocenters. The zero-order chi connectivity index (χ0) is 18.8. The van der Waals surface area contributed by atoms with Gasteiger partial charge in [-0.15, -0.1) is 12.0 Å². The van der Waals surface area contributed by atoms with E-state index in [1.807, 2.05) is 0 Å². The van der Waals surface area contributed by atoms with Crippen LogP contribution < -0.4 is 24.8 Å². The molecule has 0 aromatic heterocycles. The van der Waals surface area contributed by atoms with E-state index in [1.54, 1.807) is 38.6 Å². The van der Waals surface area contributed by atoms with E-state index in [9.17, 15) is 0 Å². The summed E-state index contributed by atoms with van der Waals surface area (Å²) in [6.07, 6.45) is 27.4. The first-order chi connectivity index (χ1) is 13.1. The van der Waals surface area contributed by atoms with Crippen molar-refractivity contribution in [2.75, 3.05) is 0 Å². The SMILES string of the molecule is CC1=CCC(C2CCCC3C4C=CC=CC4[CH-]C23)=C1C.[Cl-].[Cl-].[Zr+2]=[C]1CCCCC1. The van der Waals surface area contributed by atoms with Crippen molar-refractivity contribution >= 4 is 3.21 Å². The molecule has 0 N–H and O–H groups in total. The Kier molecular flexibility index (Phi) is 10.4. The Morgan fingerprint density at radius 2 is 1.66 bits per heavy atom. The Labute approximate surface area is 205 Å². The van der Waals surface area contributed by atoms with Gasteiger partial charge in [-0.05, 0) is 44.1 Å². The van der Waals surface area contributed by atoms with Crippen molar-refractivity contribution in [1.82, 2.24) is 0 Å². The van der Waals surface area contributed by atoms with Crippen LogP contribution >= 0.6 is 0 Å². The summed E-state index contributed by atoms with van der Waals surface area (Å²) in [7, 11) is 0. The second kappa shape index (κ2) is 11.8. The molecule has 0 amide bonds. The summed E-state index contributed by atoms with van der Waals surface area (Å²) in [6.45, 7) is 4.63. The topological polar surface area (TPSA) is 0 Å². The molecule has 0 nitrogen and oxygen atoms in total. The van der Waals surface area contributed by atoms with Crippen LogP contribution in [0.3, 0.4) is 0 Å². The molecule has 158 valence electrons. The predicted molar refractivity (Wildman–Crippen MR) is 113 cm³/mol. The first kappa shape index (κ1) is 25.6. The van der Waals surface area contributed by atoms with Crippen molar-refractivity contribution < 1.29 is 49.0 Å². The third kappa shape index (κ3) is 5.76. The third-order valence-corrected chi connectivity index (χ3v) is 9.01. The molecule has 0 aromatic carbocycles. The number of hydrogen-bond donors (Lipinski definition) is 0. The summed E-state index contributed by atoms with van der Waals surface area (Å²) >= 11 is 1.69. The Morgan fingerprint density at radius 3 is 2.28 bits per heavy atom. The maximum absolute atomic E-state index is 2.70. The van der Waals surface area contributed by atoms with Gasteiger partial charge in [0.1, 0.15) is 0 Å². The van der Waals surface area contributed by atoms with Crippen LogP contribution in [-0.4, -0.2) is 3.21 Å². The summed E-state index contributed by atoms with van der Waals surface area (Å²) in [5.74, 6) is 4.07. The Balaban J connectivity index is 0.000000287. The van der Waals surface area contributed by atoms with Gasteiger partial charge >= 0.3 is 59.5 Å². The molecule has 5 aliphatic carbocycles. The van der Waals surface area contributed by atoms with Gasteiger partial charge in [0.05, 0.1) is 0 Å². The maximum atomic E-state index is 2.70. The van der Waals surface area contributed by atoms with Gasteiger partial charge in [-0.25, -0.2) is 0 Å². The first-order valence-electron chi connectivity index (χ1n) is 11.3. The molecule has 0 saturated heterocycles. The van der Waals surface area contributed by atoms with Gasteiger partial charge < -0.3 is 31.2 Å². The molecule has 0 radical (unpaired) electrons. The van der Waals surface area contributed by atoms with Crippen molar-refractivity contribution in [3.8, 4) is 0 Å². The van der Waals surface area contributed by atoms with Gasteiger partial charge in [0, 0.05) is 0 Å². The van der Waals surface area contributed by atoms with Gasteiger partial charge in [-0.2, -0.15) is 5.92 Å². The summed E-state index contributed by atoms with van der Waals surface area (Å²) in [5, 5.41) is 0. The van der Waals surface area contributed by atoms with Gasteiger partial charge in [-0.1, -0.05) is 54.2 Å². The van der Waals surface area contributed by atoms with E-state index in [2.05, 4.69) is 50.6 Å². The van der Waals surface area contributed by atoms with Crippen LogP contribution in [0.1, 0.15) is 71.6 Å². The van der Waals surface area contributed by atoms with Crippen molar-refractivity contribution in [2.24, 2.45) is 29.6 Å². The quantitative estimate of drug-likeness (QED) is 0.462. The molecule has 3 heteroatoms. The fourth-order valence-corrected chi connectivity index (χ4v) is 7.01. The van der Waals surface area contributed by atoms with Crippen molar-refractivity contribution in [1.29, 1.82) is 0 Å². The molecule has 29 heavy (non-hydrogen) atoms. The molecule has 3 fully saturated rings. The zero-order valence-corrected chi connectivity index (χ0v) is 21.9. The molecule has 0 bridgehead atoms. The number of hydrogen-bond acceptors (Lipinski definition) is 0. The van der Waals surface area contributed by atoms with Gasteiger partial charge in [0.15, 0.2) is 0 Å². The molecule has 5 rings (SSSR count). The molecule has 0 aliphatic heterocycles. The van der Waals surface area contributed by atoms with Crippen LogP contribution in [0.4, 0.5) is 0 Å². The minimum atomic E-state index is 0. The summed E-state index contributed by atoms with van der Waals surface area (Å²) in [6, 6.07) is 0. The second-order valence-corrected chi connectivity index (χ2v) is 11.0. The average molecular weight is 510 g/mol. The normalized spacial score (nSPS) is 35.0. The summed E-state index contributed by atoms with van der Waals surface area (Å²) in [5.41, 5.74) is 4.89. The Bertz CT molecular complexity index is 691. The van der Waals surface area contributed by atoms with Gasteiger partial charge in [0.2, 0.25) is 0 Å². The van der Waals surface area contributed by atoms with Crippen molar-refractivity contribution in [3.05, 3.63) is 53.5 Å². The van der Waals surface area contributed by atoms with E-state index in [1.165, 1.54) is 63.4 Å². The van der Waals surface area contributed by atoms with Gasteiger partial charge in [-0.3, -0.25) is 0 Å². The molecule has 0 heterocycles. The number of rotatable bonds is 1. The molecular weight excluding hydrogens is 474 g/mol. The van der Waals surface area contributed by atoms with E-state index in [0.29, 0.717) is 5.92 Å². The molecule has 5 aliphatic rings. The minimum absolute atomic E-state index is 0. The van der Waals surface area contributed by atoms with Crippen LogP contribution in [-0.2, 0) is 24.2 Å². The first-order valence-corrected chi connectivity index (χ1v) is 12.5.